The highest BCUT2D eigenvalue weighted by Gasteiger charge is 2.18. The zero-order chi connectivity index (χ0) is 16.1. The quantitative estimate of drug-likeness (QED) is 0.879. The van der Waals surface area contributed by atoms with Crippen LogP contribution in [0.15, 0.2) is 28.2 Å². The zero-order valence-corrected chi connectivity index (χ0v) is 13.5. The monoisotopic (exact) mass is 333 g/mol. The van der Waals surface area contributed by atoms with Gasteiger partial charge in [0.25, 0.3) is 11.8 Å². The first-order valence-corrected chi connectivity index (χ1v) is 8.69. The van der Waals surface area contributed by atoms with Gasteiger partial charge in [-0.2, -0.15) is 4.98 Å². The van der Waals surface area contributed by atoms with Crippen LogP contribution in [0.25, 0.3) is 0 Å². The van der Waals surface area contributed by atoms with Crippen molar-refractivity contribution >= 4 is 29.2 Å². The molecule has 23 heavy (non-hydrogen) atoms. The summed E-state index contributed by atoms with van der Waals surface area (Å²) in [6.45, 7) is 0.669. The number of aromatic nitrogens is 1. The van der Waals surface area contributed by atoms with Gasteiger partial charge in [0.2, 0.25) is 0 Å². The molecule has 0 aliphatic heterocycles. The standard InChI is InChI=1S/C16H19N3O3S/c20-14(17-9-11-5-2-1-3-6-11)12-10-22-16(18-12)19-15(21)13-7-4-8-23-13/h4,7-8,10-11H,1-3,5-6,9H2,(H,17,20)(H,18,19,21). The van der Waals surface area contributed by atoms with Crippen molar-refractivity contribution in [1.82, 2.24) is 10.3 Å². The van der Waals surface area contributed by atoms with Gasteiger partial charge in [0, 0.05) is 6.54 Å². The number of rotatable bonds is 5. The van der Waals surface area contributed by atoms with E-state index in [-0.39, 0.29) is 23.5 Å². The van der Waals surface area contributed by atoms with Crippen molar-refractivity contribution < 1.29 is 14.0 Å². The number of anilines is 1. The van der Waals surface area contributed by atoms with E-state index in [9.17, 15) is 9.59 Å². The maximum absolute atomic E-state index is 12.1. The molecule has 3 rings (SSSR count). The van der Waals surface area contributed by atoms with E-state index in [1.54, 1.807) is 12.1 Å². The van der Waals surface area contributed by atoms with Crippen LogP contribution in [0.3, 0.4) is 0 Å². The molecule has 2 aromatic heterocycles. The SMILES string of the molecule is O=C(NCC1CCCCC1)c1coc(NC(=O)c2cccs2)n1. The Bertz CT molecular complexity index is 660. The van der Waals surface area contributed by atoms with Gasteiger partial charge in [-0.3, -0.25) is 14.9 Å². The van der Waals surface area contributed by atoms with Gasteiger partial charge in [0.1, 0.15) is 6.26 Å². The number of nitrogens with one attached hydrogen (secondary N) is 2. The van der Waals surface area contributed by atoms with E-state index < -0.39 is 0 Å². The lowest BCUT2D eigenvalue weighted by Gasteiger charge is -2.21. The molecule has 1 saturated carbocycles. The lowest BCUT2D eigenvalue weighted by molar-refractivity contribution is 0.0937. The van der Waals surface area contributed by atoms with Crippen molar-refractivity contribution in [1.29, 1.82) is 0 Å². The number of carbonyl (C=O) groups excluding carboxylic acids is 2. The molecule has 122 valence electrons. The summed E-state index contributed by atoms with van der Waals surface area (Å²) in [6.07, 6.45) is 7.37. The Hall–Kier alpha value is -2.15. The van der Waals surface area contributed by atoms with Crippen LogP contribution in [-0.2, 0) is 0 Å². The average molecular weight is 333 g/mol. The second-order valence-corrected chi connectivity index (χ2v) is 6.63. The van der Waals surface area contributed by atoms with E-state index >= 15 is 0 Å². The van der Waals surface area contributed by atoms with Crippen LogP contribution < -0.4 is 10.6 Å². The molecule has 0 atom stereocenters. The summed E-state index contributed by atoms with van der Waals surface area (Å²) in [4.78, 5) is 28.5. The fourth-order valence-corrected chi connectivity index (χ4v) is 3.34. The highest BCUT2D eigenvalue weighted by molar-refractivity contribution is 7.12. The number of thiophene rings is 1. The van der Waals surface area contributed by atoms with Crippen LogP contribution in [-0.4, -0.2) is 23.3 Å². The van der Waals surface area contributed by atoms with E-state index in [0.29, 0.717) is 17.3 Å². The van der Waals surface area contributed by atoms with Crippen molar-refractivity contribution in [3.05, 3.63) is 34.3 Å². The molecule has 2 heterocycles. The van der Waals surface area contributed by atoms with E-state index in [1.807, 2.05) is 5.38 Å². The van der Waals surface area contributed by atoms with Crippen molar-refractivity contribution in [2.24, 2.45) is 5.92 Å². The third-order valence-corrected chi connectivity index (χ3v) is 4.85. The van der Waals surface area contributed by atoms with Crippen LogP contribution in [0, 0.1) is 5.92 Å². The molecule has 2 N–H and O–H groups in total. The molecule has 2 aromatic rings. The number of amides is 2. The predicted molar refractivity (Wildman–Crippen MR) is 87.7 cm³/mol. The normalized spacial score (nSPS) is 15.3. The number of hydrogen-bond acceptors (Lipinski definition) is 5. The summed E-state index contributed by atoms with van der Waals surface area (Å²) in [6, 6.07) is 3.53. The summed E-state index contributed by atoms with van der Waals surface area (Å²) >= 11 is 1.33. The van der Waals surface area contributed by atoms with Crippen molar-refractivity contribution in [2.45, 2.75) is 32.1 Å². The van der Waals surface area contributed by atoms with Crippen LogP contribution in [0.2, 0.25) is 0 Å². The molecular formula is C16H19N3O3S. The van der Waals surface area contributed by atoms with Gasteiger partial charge in [-0.15, -0.1) is 11.3 Å². The number of nitrogens with zero attached hydrogens (tertiary/aromatic N) is 1. The number of oxazole rings is 1. The van der Waals surface area contributed by atoms with Gasteiger partial charge < -0.3 is 9.73 Å². The third kappa shape index (κ3) is 4.19. The maximum Gasteiger partial charge on any atom is 0.302 e. The minimum atomic E-state index is -0.295. The van der Waals surface area contributed by atoms with Gasteiger partial charge in [-0.05, 0) is 30.2 Å². The lowest BCUT2D eigenvalue weighted by atomic mass is 9.89. The fourth-order valence-electron chi connectivity index (χ4n) is 2.72. The first-order valence-electron chi connectivity index (χ1n) is 7.81. The molecule has 1 aliphatic carbocycles. The molecule has 2 amide bonds. The number of carbonyl (C=O) groups is 2. The second kappa shape index (κ2) is 7.41. The topological polar surface area (TPSA) is 84.2 Å². The summed E-state index contributed by atoms with van der Waals surface area (Å²) < 4.78 is 5.15. The smallest absolute Gasteiger partial charge is 0.302 e. The van der Waals surface area contributed by atoms with Crippen molar-refractivity contribution in [3.8, 4) is 0 Å². The summed E-state index contributed by atoms with van der Waals surface area (Å²) in [5.41, 5.74) is 0.183. The molecule has 0 bridgehead atoms. The van der Waals surface area contributed by atoms with Crippen molar-refractivity contribution in [2.75, 3.05) is 11.9 Å². The molecule has 1 fully saturated rings. The molecule has 0 saturated heterocycles. The lowest BCUT2D eigenvalue weighted by Crippen LogP contribution is -2.30. The maximum atomic E-state index is 12.1. The number of hydrogen-bond donors (Lipinski definition) is 2. The molecule has 0 aromatic carbocycles. The fraction of sp³-hybridized carbons (Fsp3) is 0.438. The molecule has 0 radical (unpaired) electrons. The minimum Gasteiger partial charge on any atom is -0.431 e. The minimum absolute atomic E-state index is 0.0335. The molecule has 0 unspecified atom stereocenters. The highest BCUT2D eigenvalue weighted by Crippen LogP contribution is 2.22. The van der Waals surface area contributed by atoms with Gasteiger partial charge in [0.05, 0.1) is 4.88 Å². The van der Waals surface area contributed by atoms with Gasteiger partial charge in [-0.25, -0.2) is 0 Å². The van der Waals surface area contributed by atoms with E-state index in [1.165, 1.54) is 49.7 Å². The van der Waals surface area contributed by atoms with Crippen LogP contribution >= 0.6 is 11.3 Å². The Labute approximate surface area is 138 Å². The Kier molecular flexibility index (Phi) is 5.07. The van der Waals surface area contributed by atoms with Gasteiger partial charge in [0.15, 0.2) is 5.69 Å². The molecule has 0 spiro atoms. The van der Waals surface area contributed by atoms with E-state index in [4.69, 9.17) is 4.42 Å². The largest absolute Gasteiger partial charge is 0.431 e. The van der Waals surface area contributed by atoms with Gasteiger partial charge in [-0.1, -0.05) is 25.3 Å². The van der Waals surface area contributed by atoms with Crippen LogP contribution in [0.4, 0.5) is 6.01 Å². The second-order valence-electron chi connectivity index (χ2n) is 5.68. The Balaban J connectivity index is 1.51. The third-order valence-electron chi connectivity index (χ3n) is 3.98. The summed E-state index contributed by atoms with van der Waals surface area (Å²) in [7, 11) is 0. The Morgan fingerprint density at radius 1 is 1.26 bits per heavy atom. The average Bonchev–Trinajstić information content (AvgIpc) is 3.25. The zero-order valence-electron chi connectivity index (χ0n) is 12.7. The van der Waals surface area contributed by atoms with E-state index in [2.05, 4.69) is 15.6 Å². The molecule has 1 aliphatic rings. The highest BCUT2D eigenvalue weighted by atomic mass is 32.1. The van der Waals surface area contributed by atoms with Gasteiger partial charge >= 0.3 is 6.01 Å². The van der Waals surface area contributed by atoms with E-state index in [0.717, 1.165) is 0 Å². The molecular weight excluding hydrogens is 314 g/mol. The first-order chi connectivity index (χ1) is 11.2. The molecule has 7 heteroatoms. The predicted octanol–water partition coefficient (Wildman–Crippen LogP) is 3.30. The summed E-state index contributed by atoms with van der Waals surface area (Å²) in [5, 5.41) is 7.24. The molecule has 6 nitrogen and oxygen atoms in total. The Morgan fingerprint density at radius 3 is 2.83 bits per heavy atom. The van der Waals surface area contributed by atoms with Crippen LogP contribution in [0.1, 0.15) is 52.3 Å². The van der Waals surface area contributed by atoms with Crippen LogP contribution in [0.5, 0.6) is 0 Å². The first kappa shape index (κ1) is 15.7. The van der Waals surface area contributed by atoms with Crippen molar-refractivity contribution in [3.63, 3.8) is 0 Å². The Morgan fingerprint density at radius 2 is 2.09 bits per heavy atom. The summed E-state index contributed by atoms with van der Waals surface area (Å²) in [5.74, 6) is -0.00966.